The summed E-state index contributed by atoms with van der Waals surface area (Å²) in [4.78, 5) is 50.6. The molecule has 2 aromatic heterocycles. The summed E-state index contributed by atoms with van der Waals surface area (Å²) < 4.78 is 16.4. The smallest absolute Gasteiger partial charge is 0.388 e. The third-order valence-corrected chi connectivity index (χ3v) is 6.13. The summed E-state index contributed by atoms with van der Waals surface area (Å²) in [5.41, 5.74) is -0.148. The van der Waals surface area contributed by atoms with E-state index in [1.54, 1.807) is 0 Å². The minimum Gasteiger partial charge on any atom is -0.388 e. The van der Waals surface area contributed by atoms with Crippen LogP contribution in [-0.2, 0) is 28.5 Å². The number of hydrogen-bond donors (Lipinski definition) is 7. The molecular formula is C17H26N4O9P+. The summed E-state index contributed by atoms with van der Waals surface area (Å²) in [6, 6.07) is 0. The van der Waals surface area contributed by atoms with Crippen LogP contribution in [0.1, 0.15) is 25.2 Å². The Morgan fingerprint density at radius 1 is 1.13 bits per heavy atom. The lowest BCUT2D eigenvalue weighted by Crippen LogP contribution is -2.54. The Bertz CT molecular complexity index is 1130. The number of aliphatic hydroxyl groups excluding tert-OH is 3. The highest BCUT2D eigenvalue weighted by molar-refractivity contribution is 7.46. The molecule has 1 aliphatic carbocycles. The molecule has 0 radical (unpaired) electrons. The maximum absolute atomic E-state index is 12.3. The fourth-order valence-electron chi connectivity index (χ4n) is 3.69. The molecule has 2 heterocycles. The maximum Gasteiger partial charge on any atom is 0.469 e. The molecule has 7 N–H and O–H groups in total. The number of aliphatic hydroxyl groups is 3. The van der Waals surface area contributed by atoms with Gasteiger partial charge >= 0.3 is 19.2 Å². The number of phosphoric ester groups is 1. The monoisotopic (exact) mass is 461 g/mol. The number of nitrogens with zero attached hydrogens (tertiary/aromatic N) is 2. The molecule has 13 nitrogen and oxygen atoms in total. The van der Waals surface area contributed by atoms with Crippen molar-refractivity contribution in [2.45, 2.75) is 51.5 Å². The maximum atomic E-state index is 12.3. The van der Waals surface area contributed by atoms with Crippen LogP contribution in [0, 0.1) is 11.8 Å². The predicted molar refractivity (Wildman–Crippen MR) is 105 cm³/mol. The highest BCUT2D eigenvalue weighted by atomic mass is 31.2. The Morgan fingerprint density at radius 2 is 1.77 bits per heavy atom. The number of aromatic amines is 2. The second-order valence-corrected chi connectivity index (χ2v) is 9.24. The van der Waals surface area contributed by atoms with Crippen LogP contribution in [0.3, 0.4) is 0 Å². The Labute approximate surface area is 175 Å². The lowest BCUT2D eigenvalue weighted by Gasteiger charge is -2.28. The number of hydrogen-bond acceptors (Lipinski definition) is 8. The fraction of sp³-hybridized carbons (Fsp3) is 0.647. The van der Waals surface area contributed by atoms with E-state index in [1.165, 1.54) is 4.57 Å². The largest absolute Gasteiger partial charge is 0.469 e. The zero-order valence-electron chi connectivity index (χ0n) is 16.9. The first-order valence-electron chi connectivity index (χ1n) is 9.69. The summed E-state index contributed by atoms with van der Waals surface area (Å²) in [5.74, 6) is 0.533. The van der Waals surface area contributed by atoms with Gasteiger partial charge in [-0.3, -0.25) is 14.3 Å². The molecule has 0 spiro atoms. The van der Waals surface area contributed by atoms with Crippen LogP contribution in [0.5, 0.6) is 0 Å². The number of rotatable bonds is 7. The summed E-state index contributed by atoms with van der Waals surface area (Å²) in [6.45, 7) is 2.86. The highest BCUT2D eigenvalue weighted by Crippen LogP contribution is 2.35. The molecule has 3 rings (SSSR count). The predicted octanol–water partition coefficient (Wildman–Crippen LogP) is -2.54. The van der Waals surface area contributed by atoms with Gasteiger partial charge in [-0.1, -0.05) is 13.8 Å². The van der Waals surface area contributed by atoms with Gasteiger partial charge in [0.2, 0.25) is 5.52 Å². The molecule has 14 heteroatoms. The Hall–Kier alpha value is -1.99. The molecule has 31 heavy (non-hydrogen) atoms. The van der Waals surface area contributed by atoms with Crippen LogP contribution >= 0.6 is 7.82 Å². The van der Waals surface area contributed by atoms with E-state index in [-0.39, 0.29) is 29.5 Å². The van der Waals surface area contributed by atoms with E-state index in [1.807, 2.05) is 6.92 Å². The van der Waals surface area contributed by atoms with Gasteiger partial charge in [-0.05, 0) is 18.3 Å². The highest BCUT2D eigenvalue weighted by Gasteiger charge is 2.34. The van der Waals surface area contributed by atoms with E-state index in [0.29, 0.717) is 24.2 Å². The Morgan fingerprint density at radius 3 is 2.42 bits per heavy atom. The average Bonchev–Trinajstić information content (AvgIpc) is 2.67. The molecule has 172 valence electrons. The fourth-order valence-corrected chi connectivity index (χ4v) is 4.03. The van der Waals surface area contributed by atoms with Gasteiger partial charge in [0.05, 0.1) is 12.3 Å². The molecule has 0 saturated heterocycles. The van der Waals surface area contributed by atoms with Crippen LogP contribution in [0.25, 0.3) is 11.2 Å². The molecule has 1 aliphatic rings. The first-order valence-corrected chi connectivity index (χ1v) is 11.2. The van der Waals surface area contributed by atoms with Crippen molar-refractivity contribution in [3.05, 3.63) is 32.2 Å². The summed E-state index contributed by atoms with van der Waals surface area (Å²) in [7, 11) is -4.87. The lowest BCUT2D eigenvalue weighted by atomic mass is 9.81. The molecule has 5 atom stereocenters. The summed E-state index contributed by atoms with van der Waals surface area (Å²) in [6.07, 6.45) is -4.13. The number of aromatic nitrogens is 4. The van der Waals surface area contributed by atoms with Crippen LogP contribution in [0.4, 0.5) is 0 Å². The third-order valence-electron chi connectivity index (χ3n) is 5.65. The standard InChI is InChI=1S/C17H25N4O9P/c1-7-3-9-10(4-8(7)2)21(15-13(18-9)16(25)20-17(26)19-15)5-11(22)14(24)12(23)6-30-31(27,28)29/h7-8,11-12,14,22-24H,3-6H2,1-2H3,(H3,20,25,26,27,28,29)/p+1/t7?,8?,11-,12+,14-/m0/s1. The van der Waals surface area contributed by atoms with Crippen molar-refractivity contribution in [1.29, 1.82) is 0 Å². The number of H-pyrrole nitrogens is 2. The summed E-state index contributed by atoms with van der Waals surface area (Å²) >= 11 is 0. The molecule has 0 aliphatic heterocycles. The molecule has 0 amide bonds. The average molecular weight is 461 g/mol. The first kappa shape index (κ1) is 23.7. The van der Waals surface area contributed by atoms with E-state index in [9.17, 15) is 29.5 Å². The van der Waals surface area contributed by atoms with Crippen molar-refractivity contribution < 1.29 is 38.8 Å². The topological polar surface area (TPSA) is 210 Å². The van der Waals surface area contributed by atoms with Gasteiger partial charge in [0, 0.05) is 6.42 Å². The number of fused-ring (bicyclic) bond motifs is 2. The molecule has 0 saturated carbocycles. The van der Waals surface area contributed by atoms with Gasteiger partial charge in [-0.2, -0.15) is 4.98 Å². The van der Waals surface area contributed by atoms with Crippen molar-refractivity contribution in [3.8, 4) is 0 Å². The normalized spacial score (nSPS) is 22.2. The van der Waals surface area contributed by atoms with Crippen molar-refractivity contribution >= 4 is 19.0 Å². The van der Waals surface area contributed by atoms with E-state index >= 15 is 0 Å². The summed E-state index contributed by atoms with van der Waals surface area (Å²) in [5, 5.41) is 30.7. The third kappa shape index (κ3) is 5.26. The zero-order valence-corrected chi connectivity index (χ0v) is 17.8. The minimum absolute atomic E-state index is 0.0350. The van der Waals surface area contributed by atoms with E-state index < -0.39 is 44.0 Å². The van der Waals surface area contributed by atoms with Gasteiger partial charge in [0.25, 0.3) is 5.56 Å². The second kappa shape index (κ2) is 8.87. The van der Waals surface area contributed by atoms with E-state index in [4.69, 9.17) is 9.79 Å². The lowest BCUT2D eigenvalue weighted by molar-refractivity contribution is -0.690. The van der Waals surface area contributed by atoms with Crippen molar-refractivity contribution in [3.63, 3.8) is 0 Å². The van der Waals surface area contributed by atoms with Gasteiger partial charge in [-0.25, -0.2) is 18.9 Å². The van der Waals surface area contributed by atoms with Crippen LogP contribution < -0.4 is 15.8 Å². The zero-order chi connectivity index (χ0) is 23.1. The molecule has 0 fully saturated rings. The Balaban J connectivity index is 2.00. The van der Waals surface area contributed by atoms with Crippen molar-refractivity contribution in [2.75, 3.05) is 6.61 Å². The molecule has 0 aromatic carbocycles. The minimum atomic E-state index is -4.87. The molecule has 0 bridgehead atoms. The number of phosphoric acid groups is 1. The Kier molecular flexibility index (Phi) is 6.77. The first-order chi connectivity index (χ1) is 14.4. The second-order valence-electron chi connectivity index (χ2n) is 8.00. The van der Waals surface area contributed by atoms with Crippen molar-refractivity contribution in [1.82, 2.24) is 15.0 Å². The van der Waals surface area contributed by atoms with Gasteiger partial charge in [-0.15, -0.1) is 0 Å². The molecule has 2 aromatic rings. The van der Waals surface area contributed by atoms with Gasteiger partial charge < -0.3 is 25.1 Å². The van der Waals surface area contributed by atoms with Crippen LogP contribution in [0.2, 0.25) is 0 Å². The molecular weight excluding hydrogens is 435 g/mol. The van der Waals surface area contributed by atoms with Gasteiger partial charge in [0.1, 0.15) is 30.6 Å². The SMILES string of the molecule is CC1Cc2nc3c(=O)[nH]c(=O)[nH]c3[n+](C[C@H](O)[C@H](O)[C@H](O)COP(=O)(O)O)c2CC1C. The van der Waals surface area contributed by atoms with E-state index in [0.717, 1.165) is 0 Å². The quantitative estimate of drug-likeness (QED) is 0.170. The number of nitrogens with one attached hydrogen (secondary N) is 2. The molecule has 2 unspecified atom stereocenters. The van der Waals surface area contributed by atoms with Crippen molar-refractivity contribution in [2.24, 2.45) is 11.8 Å². The van der Waals surface area contributed by atoms with Crippen LogP contribution in [0.15, 0.2) is 9.59 Å². The van der Waals surface area contributed by atoms with Crippen LogP contribution in [-0.4, -0.2) is 65.0 Å². The van der Waals surface area contributed by atoms with Gasteiger partial charge in [0.15, 0.2) is 0 Å². The van der Waals surface area contributed by atoms with E-state index in [2.05, 4.69) is 26.4 Å².